The summed E-state index contributed by atoms with van der Waals surface area (Å²) in [4.78, 5) is 0. The molecule has 0 bridgehead atoms. The summed E-state index contributed by atoms with van der Waals surface area (Å²) in [5, 5.41) is 0. The van der Waals surface area contributed by atoms with E-state index in [9.17, 15) is 0 Å². The Hall–Kier alpha value is -3.00. The van der Waals surface area contributed by atoms with E-state index in [4.69, 9.17) is 11.5 Å². The smallest absolute Gasteiger partial charge is 0.0982 e. The maximum atomic E-state index is 6.10. The second kappa shape index (κ2) is 6.84. The number of benzene rings is 3. The van der Waals surface area contributed by atoms with E-state index in [1.165, 1.54) is 11.1 Å². The zero-order chi connectivity index (χ0) is 16.1. The molecule has 0 atom stereocenters. The minimum Gasteiger partial charge on any atom is -0.385 e. The Kier molecular flexibility index (Phi) is 4.44. The first-order chi connectivity index (χ1) is 11.3. The molecule has 0 unspecified atom stereocenters. The topological polar surface area (TPSA) is 52.0 Å². The third-order valence-electron chi connectivity index (χ3n) is 3.95. The van der Waals surface area contributed by atoms with Gasteiger partial charge in [0, 0.05) is 11.5 Å². The van der Waals surface area contributed by atoms with Gasteiger partial charge < -0.3 is 11.5 Å². The van der Waals surface area contributed by atoms with E-state index in [1.54, 1.807) is 0 Å². The molecule has 2 nitrogen and oxygen atoms in total. The Morgan fingerprint density at radius 1 is 0.565 bits per heavy atom. The van der Waals surface area contributed by atoms with Crippen molar-refractivity contribution in [1.29, 1.82) is 0 Å². The fourth-order valence-electron chi connectivity index (χ4n) is 2.93. The van der Waals surface area contributed by atoms with Crippen molar-refractivity contribution in [2.24, 2.45) is 11.5 Å². The monoisotopic (exact) mass is 300 g/mol. The van der Waals surface area contributed by atoms with Crippen LogP contribution in [0, 0.1) is 0 Å². The van der Waals surface area contributed by atoms with E-state index in [-0.39, 0.29) is 5.92 Å². The van der Waals surface area contributed by atoms with Gasteiger partial charge in [-0.15, -0.1) is 0 Å². The van der Waals surface area contributed by atoms with Crippen LogP contribution in [0.4, 0.5) is 0 Å². The van der Waals surface area contributed by atoms with E-state index < -0.39 is 0 Å². The summed E-state index contributed by atoms with van der Waals surface area (Å²) in [7, 11) is 0. The Balaban J connectivity index is 2.20. The molecule has 4 N–H and O–H groups in total. The van der Waals surface area contributed by atoms with Crippen LogP contribution in [0.15, 0.2) is 96.8 Å². The number of allylic oxidation sites excluding steroid dienone is 1. The van der Waals surface area contributed by atoms with Gasteiger partial charge in [0.05, 0.1) is 5.82 Å². The van der Waals surface area contributed by atoms with Crippen molar-refractivity contribution in [3.63, 3.8) is 0 Å². The molecule has 0 aliphatic carbocycles. The molecule has 0 radical (unpaired) electrons. The molecule has 0 saturated carbocycles. The molecule has 23 heavy (non-hydrogen) atoms. The highest BCUT2D eigenvalue weighted by Gasteiger charge is 2.22. The molecule has 0 aromatic heterocycles. The molecular weight excluding hydrogens is 280 g/mol. The summed E-state index contributed by atoms with van der Waals surface area (Å²) >= 11 is 0. The van der Waals surface area contributed by atoms with Crippen molar-refractivity contribution < 1.29 is 0 Å². The number of nitrogens with two attached hydrogens (primary N) is 2. The summed E-state index contributed by atoms with van der Waals surface area (Å²) in [6.45, 7) is 0. The minimum absolute atomic E-state index is 0.00444. The van der Waals surface area contributed by atoms with Crippen molar-refractivity contribution in [1.82, 2.24) is 0 Å². The molecule has 0 amide bonds. The lowest BCUT2D eigenvalue weighted by Gasteiger charge is -2.23. The van der Waals surface area contributed by atoms with Crippen molar-refractivity contribution in [2.45, 2.75) is 5.92 Å². The van der Waals surface area contributed by atoms with E-state index in [0.29, 0.717) is 5.82 Å². The first-order valence-electron chi connectivity index (χ1n) is 7.68. The molecule has 2 heteroatoms. The standard InChI is InChI=1S/C21H20N2/c22-21(23)20(18-14-8-3-9-15-18)19(16-10-4-1-5-11-16)17-12-6-2-7-13-17/h1-15,19H,22-23H2. The Bertz CT molecular complexity index is 734. The molecule has 0 heterocycles. The largest absolute Gasteiger partial charge is 0.385 e. The van der Waals surface area contributed by atoms with E-state index in [2.05, 4.69) is 24.3 Å². The van der Waals surface area contributed by atoms with Crippen LogP contribution in [0.2, 0.25) is 0 Å². The average molecular weight is 300 g/mol. The van der Waals surface area contributed by atoms with Crippen LogP contribution in [-0.4, -0.2) is 0 Å². The van der Waals surface area contributed by atoms with E-state index in [0.717, 1.165) is 11.1 Å². The van der Waals surface area contributed by atoms with E-state index in [1.807, 2.05) is 66.7 Å². The van der Waals surface area contributed by atoms with Gasteiger partial charge in [0.15, 0.2) is 0 Å². The fourth-order valence-corrected chi connectivity index (χ4v) is 2.93. The molecule has 3 aromatic rings. The maximum absolute atomic E-state index is 6.10. The summed E-state index contributed by atoms with van der Waals surface area (Å²) in [5.41, 5.74) is 16.5. The summed E-state index contributed by atoms with van der Waals surface area (Å²) in [5.74, 6) is 0.360. The van der Waals surface area contributed by atoms with Crippen LogP contribution in [-0.2, 0) is 0 Å². The quantitative estimate of drug-likeness (QED) is 0.762. The van der Waals surface area contributed by atoms with Gasteiger partial charge in [-0.1, -0.05) is 91.0 Å². The van der Waals surface area contributed by atoms with Gasteiger partial charge in [-0.25, -0.2) is 0 Å². The second-order valence-corrected chi connectivity index (χ2v) is 5.49. The van der Waals surface area contributed by atoms with Gasteiger partial charge in [0.2, 0.25) is 0 Å². The van der Waals surface area contributed by atoms with Gasteiger partial charge in [0.1, 0.15) is 0 Å². The van der Waals surface area contributed by atoms with Gasteiger partial charge in [-0.3, -0.25) is 0 Å². The summed E-state index contributed by atoms with van der Waals surface area (Å²) in [6.07, 6.45) is 0. The zero-order valence-electron chi connectivity index (χ0n) is 12.9. The SMILES string of the molecule is NC(N)=C(c1ccccc1)C(c1ccccc1)c1ccccc1. The maximum Gasteiger partial charge on any atom is 0.0982 e. The highest BCUT2D eigenvalue weighted by molar-refractivity contribution is 5.76. The predicted molar refractivity (Wildman–Crippen MR) is 96.5 cm³/mol. The molecule has 114 valence electrons. The van der Waals surface area contributed by atoms with Crippen molar-refractivity contribution in [3.05, 3.63) is 114 Å². The summed E-state index contributed by atoms with van der Waals surface area (Å²) in [6, 6.07) is 30.8. The van der Waals surface area contributed by atoms with Crippen molar-refractivity contribution in [3.8, 4) is 0 Å². The van der Waals surface area contributed by atoms with Gasteiger partial charge >= 0.3 is 0 Å². The Labute approximate surface area is 137 Å². The lowest BCUT2D eigenvalue weighted by Crippen LogP contribution is -2.17. The van der Waals surface area contributed by atoms with Gasteiger partial charge in [-0.2, -0.15) is 0 Å². The predicted octanol–water partition coefficient (Wildman–Crippen LogP) is 4.10. The molecule has 3 aromatic carbocycles. The first kappa shape index (κ1) is 14.9. The van der Waals surface area contributed by atoms with Crippen LogP contribution >= 0.6 is 0 Å². The lowest BCUT2D eigenvalue weighted by atomic mass is 9.81. The average Bonchev–Trinajstić information content (AvgIpc) is 2.61. The zero-order valence-corrected chi connectivity index (χ0v) is 12.9. The second-order valence-electron chi connectivity index (χ2n) is 5.49. The normalized spacial score (nSPS) is 10.5. The third kappa shape index (κ3) is 3.27. The van der Waals surface area contributed by atoms with Crippen LogP contribution in [0.5, 0.6) is 0 Å². The molecule has 0 aliphatic heterocycles. The molecule has 0 fully saturated rings. The third-order valence-corrected chi connectivity index (χ3v) is 3.95. The molecule has 0 saturated heterocycles. The van der Waals surface area contributed by atoms with Crippen LogP contribution in [0.25, 0.3) is 5.57 Å². The van der Waals surface area contributed by atoms with Crippen LogP contribution < -0.4 is 11.5 Å². The summed E-state index contributed by atoms with van der Waals surface area (Å²) < 4.78 is 0. The van der Waals surface area contributed by atoms with Crippen LogP contribution in [0.1, 0.15) is 22.6 Å². The molecule has 0 spiro atoms. The highest BCUT2D eigenvalue weighted by atomic mass is 14.8. The van der Waals surface area contributed by atoms with Crippen LogP contribution in [0.3, 0.4) is 0 Å². The number of rotatable bonds is 4. The highest BCUT2D eigenvalue weighted by Crippen LogP contribution is 2.37. The van der Waals surface area contributed by atoms with Gasteiger partial charge in [0.25, 0.3) is 0 Å². The van der Waals surface area contributed by atoms with E-state index >= 15 is 0 Å². The van der Waals surface area contributed by atoms with Crippen molar-refractivity contribution in [2.75, 3.05) is 0 Å². The minimum atomic E-state index is 0.00444. The van der Waals surface area contributed by atoms with Crippen molar-refractivity contribution >= 4 is 5.57 Å². The lowest BCUT2D eigenvalue weighted by molar-refractivity contribution is 1.02. The van der Waals surface area contributed by atoms with Gasteiger partial charge in [-0.05, 0) is 16.7 Å². The number of hydrogen-bond donors (Lipinski definition) is 2. The number of hydrogen-bond acceptors (Lipinski definition) is 2. The first-order valence-corrected chi connectivity index (χ1v) is 7.68. The molecule has 3 rings (SSSR count). The fraction of sp³-hybridized carbons (Fsp3) is 0.0476. The molecule has 0 aliphatic rings. The Morgan fingerprint density at radius 3 is 1.35 bits per heavy atom. The molecular formula is C21H20N2. The Morgan fingerprint density at radius 2 is 0.957 bits per heavy atom.